The summed E-state index contributed by atoms with van der Waals surface area (Å²) in [6, 6.07) is 5.80. The molecule has 5 nitrogen and oxygen atoms in total. The molecule has 0 N–H and O–H groups in total. The van der Waals surface area contributed by atoms with Gasteiger partial charge in [-0.1, -0.05) is 12.1 Å². The summed E-state index contributed by atoms with van der Waals surface area (Å²) in [6.45, 7) is 1.00. The molecule has 0 bridgehead atoms. The monoisotopic (exact) mass is 309 g/mol. The van der Waals surface area contributed by atoms with Gasteiger partial charge in [0, 0.05) is 26.3 Å². The lowest BCUT2D eigenvalue weighted by atomic mass is 10.2. The molecule has 22 heavy (non-hydrogen) atoms. The molecule has 120 valence electrons. The summed E-state index contributed by atoms with van der Waals surface area (Å²) in [4.78, 5) is 24.8. The number of methoxy groups -OCH3 is 2. The number of esters is 1. The van der Waals surface area contributed by atoms with Gasteiger partial charge in [-0.15, -0.1) is 0 Å². The molecule has 0 aromatic heterocycles. The van der Waals surface area contributed by atoms with E-state index in [-0.39, 0.29) is 30.7 Å². The lowest BCUT2D eigenvalue weighted by molar-refractivity contribution is -0.141. The molecule has 1 rings (SSSR count). The standard InChI is InChI=1S/C16H20FNO4/c1-21-12-11-18(10-9-16(20)22-2)15(19)8-5-13-3-6-14(17)7-4-13/h3-8H,9-12H2,1-2H3/b8-5+. The number of ether oxygens (including phenoxy) is 2. The van der Waals surface area contributed by atoms with Crippen molar-refractivity contribution < 1.29 is 23.5 Å². The van der Waals surface area contributed by atoms with Crippen molar-refractivity contribution in [3.8, 4) is 0 Å². The van der Waals surface area contributed by atoms with E-state index in [0.717, 1.165) is 5.56 Å². The molecule has 0 aliphatic rings. The molecule has 6 heteroatoms. The predicted molar refractivity (Wildman–Crippen MR) is 80.5 cm³/mol. The van der Waals surface area contributed by atoms with E-state index >= 15 is 0 Å². The van der Waals surface area contributed by atoms with Crippen LogP contribution in [0.25, 0.3) is 6.08 Å². The fourth-order valence-electron chi connectivity index (χ4n) is 1.71. The van der Waals surface area contributed by atoms with Crippen LogP contribution in [0.4, 0.5) is 4.39 Å². The second kappa shape index (κ2) is 9.68. The van der Waals surface area contributed by atoms with Crippen molar-refractivity contribution in [1.29, 1.82) is 0 Å². The number of hydrogen-bond donors (Lipinski definition) is 0. The summed E-state index contributed by atoms with van der Waals surface area (Å²) < 4.78 is 22.3. The smallest absolute Gasteiger partial charge is 0.307 e. The Morgan fingerprint density at radius 3 is 2.45 bits per heavy atom. The van der Waals surface area contributed by atoms with Gasteiger partial charge in [-0.3, -0.25) is 9.59 Å². The first-order valence-electron chi connectivity index (χ1n) is 6.85. The average molecular weight is 309 g/mol. The van der Waals surface area contributed by atoms with Gasteiger partial charge in [0.25, 0.3) is 0 Å². The third-order valence-electron chi connectivity index (χ3n) is 2.98. The first-order valence-corrected chi connectivity index (χ1v) is 6.85. The van der Waals surface area contributed by atoms with E-state index in [2.05, 4.69) is 4.74 Å². The van der Waals surface area contributed by atoms with E-state index in [1.165, 1.54) is 37.3 Å². The Labute approximate surface area is 129 Å². The largest absolute Gasteiger partial charge is 0.469 e. The molecule has 0 fully saturated rings. The lowest BCUT2D eigenvalue weighted by Gasteiger charge is -2.20. The molecule has 1 aromatic carbocycles. The van der Waals surface area contributed by atoms with Gasteiger partial charge >= 0.3 is 5.97 Å². The number of hydrogen-bond acceptors (Lipinski definition) is 4. The summed E-state index contributed by atoms with van der Waals surface area (Å²) in [5.74, 6) is -0.953. The van der Waals surface area contributed by atoms with Crippen LogP contribution in [-0.2, 0) is 19.1 Å². The summed E-state index contributed by atoms with van der Waals surface area (Å²) >= 11 is 0. The van der Waals surface area contributed by atoms with Crippen LogP contribution in [-0.4, -0.2) is 50.7 Å². The first-order chi connectivity index (χ1) is 10.6. The molecule has 0 unspecified atom stereocenters. The third-order valence-corrected chi connectivity index (χ3v) is 2.98. The van der Waals surface area contributed by atoms with Gasteiger partial charge in [0.2, 0.25) is 5.91 Å². The topological polar surface area (TPSA) is 55.8 Å². The van der Waals surface area contributed by atoms with E-state index in [1.54, 1.807) is 18.2 Å². The Bertz CT molecular complexity index is 513. The number of benzene rings is 1. The van der Waals surface area contributed by atoms with E-state index in [0.29, 0.717) is 13.2 Å². The number of carbonyl (C=O) groups excluding carboxylic acids is 2. The zero-order valence-corrected chi connectivity index (χ0v) is 12.8. The minimum atomic E-state index is -0.377. The zero-order valence-electron chi connectivity index (χ0n) is 12.8. The molecule has 0 saturated carbocycles. The molecule has 1 aromatic rings. The van der Waals surface area contributed by atoms with Crippen molar-refractivity contribution in [1.82, 2.24) is 4.90 Å². The summed E-state index contributed by atoms with van der Waals surface area (Å²) in [5.41, 5.74) is 0.717. The van der Waals surface area contributed by atoms with Crippen molar-refractivity contribution in [3.05, 3.63) is 41.7 Å². The Hall–Kier alpha value is -2.21. The maximum atomic E-state index is 12.8. The van der Waals surface area contributed by atoms with Crippen molar-refractivity contribution in [3.63, 3.8) is 0 Å². The predicted octanol–water partition coefficient (Wildman–Crippen LogP) is 1.88. The molecule has 0 aliphatic heterocycles. The molecule has 0 saturated heterocycles. The normalized spacial score (nSPS) is 10.7. The molecule has 0 heterocycles. The Morgan fingerprint density at radius 2 is 1.86 bits per heavy atom. The van der Waals surface area contributed by atoms with Crippen LogP contribution in [0, 0.1) is 5.82 Å². The van der Waals surface area contributed by atoms with Gasteiger partial charge in [-0.2, -0.15) is 0 Å². The maximum Gasteiger partial charge on any atom is 0.307 e. The van der Waals surface area contributed by atoms with Crippen molar-refractivity contribution in [2.24, 2.45) is 0 Å². The highest BCUT2D eigenvalue weighted by Gasteiger charge is 2.12. The number of carbonyl (C=O) groups is 2. The number of nitrogens with zero attached hydrogens (tertiary/aromatic N) is 1. The number of halogens is 1. The van der Waals surface area contributed by atoms with E-state index in [9.17, 15) is 14.0 Å². The van der Waals surface area contributed by atoms with Crippen LogP contribution in [0.3, 0.4) is 0 Å². The minimum absolute atomic E-state index is 0.121. The van der Waals surface area contributed by atoms with Crippen molar-refractivity contribution >= 4 is 18.0 Å². The summed E-state index contributed by atoms with van der Waals surface area (Å²) in [6.07, 6.45) is 3.11. The Morgan fingerprint density at radius 1 is 1.18 bits per heavy atom. The molecule has 1 amide bonds. The van der Waals surface area contributed by atoms with Gasteiger partial charge in [0.05, 0.1) is 20.1 Å². The fraction of sp³-hybridized carbons (Fsp3) is 0.375. The quantitative estimate of drug-likeness (QED) is 0.543. The van der Waals surface area contributed by atoms with Crippen LogP contribution in [0.1, 0.15) is 12.0 Å². The molecular weight excluding hydrogens is 289 g/mol. The van der Waals surface area contributed by atoms with Crippen LogP contribution in [0.5, 0.6) is 0 Å². The number of rotatable bonds is 8. The second-order valence-electron chi connectivity index (χ2n) is 4.53. The highest BCUT2D eigenvalue weighted by Crippen LogP contribution is 2.05. The average Bonchev–Trinajstić information content (AvgIpc) is 2.53. The molecule has 0 radical (unpaired) electrons. The highest BCUT2D eigenvalue weighted by molar-refractivity contribution is 5.92. The molecule has 0 spiro atoms. The molecular formula is C16H20FNO4. The van der Waals surface area contributed by atoms with E-state index < -0.39 is 0 Å². The minimum Gasteiger partial charge on any atom is -0.469 e. The highest BCUT2D eigenvalue weighted by atomic mass is 19.1. The fourth-order valence-corrected chi connectivity index (χ4v) is 1.71. The second-order valence-corrected chi connectivity index (χ2v) is 4.53. The zero-order chi connectivity index (χ0) is 16.4. The summed E-state index contributed by atoms with van der Waals surface area (Å²) in [7, 11) is 2.84. The van der Waals surface area contributed by atoms with Gasteiger partial charge in [0.1, 0.15) is 5.82 Å². The molecule has 0 aliphatic carbocycles. The maximum absolute atomic E-state index is 12.8. The van der Waals surface area contributed by atoms with Crippen molar-refractivity contribution in [2.75, 3.05) is 33.9 Å². The van der Waals surface area contributed by atoms with Gasteiger partial charge in [0.15, 0.2) is 0 Å². The van der Waals surface area contributed by atoms with Gasteiger partial charge in [-0.25, -0.2) is 4.39 Å². The SMILES string of the molecule is COCCN(CCC(=O)OC)C(=O)/C=C/c1ccc(F)cc1. The van der Waals surface area contributed by atoms with E-state index in [1.807, 2.05) is 0 Å². The number of amides is 1. The lowest BCUT2D eigenvalue weighted by Crippen LogP contribution is -2.34. The molecule has 0 atom stereocenters. The Balaban J connectivity index is 2.64. The van der Waals surface area contributed by atoms with Crippen LogP contribution < -0.4 is 0 Å². The van der Waals surface area contributed by atoms with Crippen LogP contribution >= 0.6 is 0 Å². The van der Waals surface area contributed by atoms with Gasteiger partial charge in [-0.05, 0) is 23.8 Å². The van der Waals surface area contributed by atoms with Crippen LogP contribution in [0.2, 0.25) is 0 Å². The van der Waals surface area contributed by atoms with Crippen molar-refractivity contribution in [2.45, 2.75) is 6.42 Å². The van der Waals surface area contributed by atoms with E-state index in [4.69, 9.17) is 4.74 Å². The van der Waals surface area contributed by atoms with Crippen LogP contribution in [0.15, 0.2) is 30.3 Å². The third kappa shape index (κ3) is 6.49. The first kappa shape index (κ1) is 17.8. The van der Waals surface area contributed by atoms with Gasteiger partial charge < -0.3 is 14.4 Å². The summed E-state index contributed by atoms with van der Waals surface area (Å²) in [5, 5.41) is 0. The Kier molecular flexibility index (Phi) is 7.85.